The molecule has 1 aliphatic heterocycles. The van der Waals surface area contributed by atoms with Crippen LogP contribution in [0.5, 0.6) is 0 Å². The lowest BCUT2D eigenvalue weighted by atomic mass is 9.75. The summed E-state index contributed by atoms with van der Waals surface area (Å²) in [5.74, 6) is 0.348. The van der Waals surface area contributed by atoms with Crippen LogP contribution in [0.15, 0.2) is 0 Å². The van der Waals surface area contributed by atoms with Crippen LogP contribution >= 0.6 is 0 Å². The Kier molecular flexibility index (Phi) is 4.07. The van der Waals surface area contributed by atoms with Gasteiger partial charge in [0.1, 0.15) is 5.54 Å². The molecule has 2 saturated carbocycles. The minimum Gasteiger partial charge on any atom is -0.349 e. The number of likely N-dealkylation sites (tertiary alicyclic amines) is 1. The molecule has 0 spiro atoms. The van der Waals surface area contributed by atoms with E-state index in [0.717, 1.165) is 38.8 Å². The summed E-state index contributed by atoms with van der Waals surface area (Å²) in [6.45, 7) is 4.48. The standard InChI is InChI=1S/C17H30N2O/c1-16(9-8-10-16)18-15(20)17(11-4-2-5-12-17)19-13-6-3-7-14-19/h2-14H2,1H3,(H,18,20). The third kappa shape index (κ3) is 2.61. The predicted molar refractivity (Wildman–Crippen MR) is 81.6 cm³/mol. The highest BCUT2D eigenvalue weighted by atomic mass is 16.2. The summed E-state index contributed by atoms with van der Waals surface area (Å²) >= 11 is 0. The first-order valence-corrected chi connectivity index (χ1v) is 8.72. The number of rotatable bonds is 3. The second kappa shape index (κ2) is 5.67. The van der Waals surface area contributed by atoms with Gasteiger partial charge >= 0.3 is 0 Å². The summed E-state index contributed by atoms with van der Waals surface area (Å²) in [7, 11) is 0. The number of hydrogen-bond acceptors (Lipinski definition) is 2. The van der Waals surface area contributed by atoms with Gasteiger partial charge in [-0.15, -0.1) is 0 Å². The van der Waals surface area contributed by atoms with E-state index in [2.05, 4.69) is 17.1 Å². The van der Waals surface area contributed by atoms with Crippen LogP contribution in [0, 0.1) is 0 Å². The number of carbonyl (C=O) groups is 1. The zero-order valence-electron chi connectivity index (χ0n) is 13.0. The number of amides is 1. The van der Waals surface area contributed by atoms with Crippen LogP contribution < -0.4 is 5.32 Å². The van der Waals surface area contributed by atoms with Gasteiger partial charge in [0.25, 0.3) is 0 Å². The first-order valence-electron chi connectivity index (χ1n) is 8.72. The van der Waals surface area contributed by atoms with Crippen LogP contribution in [-0.2, 0) is 4.79 Å². The molecule has 3 fully saturated rings. The Labute approximate surface area is 123 Å². The Hall–Kier alpha value is -0.570. The van der Waals surface area contributed by atoms with E-state index in [0.29, 0.717) is 5.91 Å². The van der Waals surface area contributed by atoms with Gasteiger partial charge in [0.2, 0.25) is 5.91 Å². The van der Waals surface area contributed by atoms with E-state index in [1.54, 1.807) is 0 Å². The van der Waals surface area contributed by atoms with Crippen LogP contribution in [-0.4, -0.2) is 35.0 Å². The molecule has 3 nitrogen and oxygen atoms in total. The highest BCUT2D eigenvalue weighted by Crippen LogP contribution is 2.38. The molecule has 1 amide bonds. The van der Waals surface area contributed by atoms with Gasteiger partial charge in [-0.05, 0) is 65.0 Å². The highest BCUT2D eigenvalue weighted by Gasteiger charge is 2.47. The van der Waals surface area contributed by atoms with E-state index in [1.807, 2.05) is 0 Å². The third-order valence-corrected chi connectivity index (χ3v) is 5.94. The minimum atomic E-state index is -0.169. The first-order chi connectivity index (χ1) is 9.65. The molecule has 0 unspecified atom stereocenters. The number of piperidine rings is 1. The quantitative estimate of drug-likeness (QED) is 0.859. The highest BCUT2D eigenvalue weighted by molar-refractivity contribution is 5.87. The SMILES string of the molecule is CC1(NC(=O)C2(N3CCCCC3)CCCCC2)CCC1. The maximum atomic E-state index is 13.1. The van der Waals surface area contributed by atoms with Gasteiger partial charge in [0.05, 0.1) is 0 Å². The van der Waals surface area contributed by atoms with Gasteiger partial charge < -0.3 is 5.32 Å². The van der Waals surface area contributed by atoms with Gasteiger partial charge in [-0.2, -0.15) is 0 Å². The van der Waals surface area contributed by atoms with Crippen molar-refractivity contribution in [2.75, 3.05) is 13.1 Å². The molecule has 1 N–H and O–H groups in total. The molecule has 0 aromatic rings. The molecule has 3 rings (SSSR count). The minimum absolute atomic E-state index is 0.0946. The van der Waals surface area contributed by atoms with Gasteiger partial charge in [0, 0.05) is 5.54 Å². The van der Waals surface area contributed by atoms with E-state index < -0.39 is 0 Å². The van der Waals surface area contributed by atoms with Crippen LogP contribution in [0.4, 0.5) is 0 Å². The van der Waals surface area contributed by atoms with Crippen LogP contribution in [0.3, 0.4) is 0 Å². The molecule has 114 valence electrons. The molecule has 1 heterocycles. The zero-order valence-corrected chi connectivity index (χ0v) is 13.0. The lowest BCUT2D eigenvalue weighted by Crippen LogP contribution is -2.65. The van der Waals surface area contributed by atoms with Gasteiger partial charge in [-0.25, -0.2) is 0 Å². The average Bonchev–Trinajstić information content (AvgIpc) is 2.47. The topological polar surface area (TPSA) is 32.3 Å². The van der Waals surface area contributed by atoms with Crippen molar-refractivity contribution >= 4 is 5.91 Å². The number of nitrogens with zero attached hydrogens (tertiary/aromatic N) is 1. The average molecular weight is 278 g/mol. The second-order valence-electron chi connectivity index (χ2n) is 7.51. The maximum Gasteiger partial charge on any atom is 0.240 e. The molecule has 0 bridgehead atoms. The fourth-order valence-corrected chi connectivity index (χ4v) is 4.37. The summed E-state index contributed by atoms with van der Waals surface area (Å²) in [5.41, 5.74) is -0.0748. The molecule has 0 aromatic carbocycles. The summed E-state index contributed by atoms with van der Waals surface area (Å²) in [5, 5.41) is 3.42. The molecular formula is C17H30N2O. The van der Waals surface area contributed by atoms with Crippen molar-refractivity contribution in [3.63, 3.8) is 0 Å². The Morgan fingerprint density at radius 3 is 2.00 bits per heavy atom. The van der Waals surface area contributed by atoms with Crippen molar-refractivity contribution < 1.29 is 4.79 Å². The fraction of sp³-hybridized carbons (Fsp3) is 0.941. The summed E-state index contributed by atoms with van der Waals surface area (Å²) in [6, 6.07) is 0. The number of carbonyl (C=O) groups excluding carboxylic acids is 1. The summed E-state index contributed by atoms with van der Waals surface area (Å²) < 4.78 is 0. The van der Waals surface area contributed by atoms with Gasteiger partial charge in [-0.3, -0.25) is 9.69 Å². The zero-order chi connectivity index (χ0) is 14.1. The van der Waals surface area contributed by atoms with E-state index >= 15 is 0 Å². The van der Waals surface area contributed by atoms with Crippen LogP contribution in [0.2, 0.25) is 0 Å². The molecule has 0 radical (unpaired) electrons. The predicted octanol–water partition coefficient (Wildman–Crippen LogP) is 3.23. The van der Waals surface area contributed by atoms with E-state index in [4.69, 9.17) is 0 Å². The molecule has 1 saturated heterocycles. The van der Waals surface area contributed by atoms with Gasteiger partial charge in [0.15, 0.2) is 0 Å². The molecular weight excluding hydrogens is 248 g/mol. The van der Waals surface area contributed by atoms with Crippen LogP contribution in [0.25, 0.3) is 0 Å². The molecule has 0 atom stereocenters. The Morgan fingerprint density at radius 2 is 1.45 bits per heavy atom. The van der Waals surface area contributed by atoms with Crippen molar-refractivity contribution in [1.82, 2.24) is 10.2 Å². The largest absolute Gasteiger partial charge is 0.349 e. The third-order valence-electron chi connectivity index (χ3n) is 5.94. The van der Waals surface area contributed by atoms with Crippen molar-refractivity contribution in [3.05, 3.63) is 0 Å². The number of hydrogen-bond donors (Lipinski definition) is 1. The maximum absolute atomic E-state index is 13.1. The van der Waals surface area contributed by atoms with Crippen molar-refractivity contribution in [3.8, 4) is 0 Å². The summed E-state index contributed by atoms with van der Waals surface area (Å²) in [6.07, 6.45) is 13.4. The van der Waals surface area contributed by atoms with Gasteiger partial charge in [-0.1, -0.05) is 25.7 Å². The summed E-state index contributed by atoms with van der Waals surface area (Å²) in [4.78, 5) is 15.6. The lowest BCUT2D eigenvalue weighted by Gasteiger charge is -2.49. The fourth-order valence-electron chi connectivity index (χ4n) is 4.37. The first kappa shape index (κ1) is 14.4. The van der Waals surface area contributed by atoms with E-state index in [9.17, 15) is 4.79 Å². The van der Waals surface area contributed by atoms with E-state index in [1.165, 1.54) is 44.9 Å². The van der Waals surface area contributed by atoms with Crippen LogP contribution in [0.1, 0.15) is 77.6 Å². The van der Waals surface area contributed by atoms with Crippen molar-refractivity contribution in [1.29, 1.82) is 0 Å². The number of nitrogens with one attached hydrogen (secondary N) is 1. The second-order valence-corrected chi connectivity index (χ2v) is 7.51. The molecule has 20 heavy (non-hydrogen) atoms. The van der Waals surface area contributed by atoms with Crippen molar-refractivity contribution in [2.45, 2.75) is 88.6 Å². The Bertz CT molecular complexity index is 350. The molecule has 3 aliphatic rings. The molecule has 0 aromatic heterocycles. The molecule has 2 aliphatic carbocycles. The Balaban J connectivity index is 1.75. The Morgan fingerprint density at radius 1 is 0.850 bits per heavy atom. The van der Waals surface area contributed by atoms with Crippen molar-refractivity contribution in [2.24, 2.45) is 0 Å². The van der Waals surface area contributed by atoms with E-state index in [-0.39, 0.29) is 11.1 Å². The monoisotopic (exact) mass is 278 g/mol. The lowest BCUT2D eigenvalue weighted by molar-refractivity contribution is -0.140. The normalized spacial score (nSPS) is 29.4. The molecule has 3 heteroatoms. The smallest absolute Gasteiger partial charge is 0.240 e.